The van der Waals surface area contributed by atoms with Crippen LogP contribution in [0, 0.1) is 24.3 Å². The van der Waals surface area contributed by atoms with Crippen molar-refractivity contribution in [2.75, 3.05) is 0 Å². The van der Waals surface area contributed by atoms with Gasteiger partial charge >= 0.3 is 0 Å². The molecular formula is C44H34N4O. The molecule has 0 radical (unpaired) electrons. The lowest BCUT2D eigenvalue weighted by atomic mass is 9.48. The average molecular weight is 635 g/mol. The monoisotopic (exact) mass is 634 g/mol. The van der Waals surface area contributed by atoms with Crippen LogP contribution in [0.2, 0.25) is 0 Å². The van der Waals surface area contributed by atoms with E-state index in [-0.39, 0.29) is 0 Å². The Labute approximate surface area is 285 Å². The molecule has 11 rings (SSSR count). The smallest absolute Gasteiger partial charge is 0.187 e. The van der Waals surface area contributed by atoms with E-state index in [1.54, 1.807) is 11.6 Å². The second-order valence-electron chi connectivity index (χ2n) is 14.6. The maximum absolute atomic E-state index is 7.48. The summed E-state index contributed by atoms with van der Waals surface area (Å²) in [6.45, 7) is 7.48. The maximum atomic E-state index is 7.48. The molecule has 0 atom stereocenters. The van der Waals surface area contributed by atoms with Gasteiger partial charge in [0, 0.05) is 27.5 Å². The van der Waals surface area contributed by atoms with E-state index in [1.807, 2.05) is 54.6 Å². The first-order valence-corrected chi connectivity index (χ1v) is 17.5. The highest BCUT2D eigenvalue weighted by atomic mass is 16.3. The summed E-state index contributed by atoms with van der Waals surface area (Å²) in [4.78, 5) is 18.2. The minimum atomic E-state index is 0.413. The lowest BCUT2D eigenvalue weighted by Crippen LogP contribution is -2.48. The van der Waals surface area contributed by atoms with Crippen molar-refractivity contribution in [3.63, 3.8) is 0 Å². The van der Waals surface area contributed by atoms with Crippen LogP contribution in [0.4, 0.5) is 5.69 Å². The van der Waals surface area contributed by atoms with Crippen molar-refractivity contribution >= 4 is 27.6 Å². The molecule has 0 spiro atoms. The van der Waals surface area contributed by atoms with Crippen molar-refractivity contribution in [1.82, 2.24) is 15.0 Å². The molecule has 4 aliphatic rings. The molecule has 2 aromatic heterocycles. The Kier molecular flexibility index (Phi) is 6.36. The van der Waals surface area contributed by atoms with Crippen LogP contribution in [0.3, 0.4) is 0 Å². The first-order valence-electron chi connectivity index (χ1n) is 17.5. The molecule has 2 heterocycles. The van der Waals surface area contributed by atoms with Gasteiger partial charge in [0.2, 0.25) is 0 Å². The predicted molar refractivity (Wildman–Crippen MR) is 195 cm³/mol. The van der Waals surface area contributed by atoms with Crippen molar-refractivity contribution in [2.45, 2.75) is 43.9 Å². The standard InChI is InChI=1S/C44H34N4O/c1-45-36-9-5-8-33(21-36)42-46-41(31-6-3-2-4-7-31)47-43(48-42)34-13-17-38-37-16-12-32(22-39(37)49-40(38)23-34)30-10-14-35(15-11-30)44-24-27-18-28(25-44)20-29(19-27)26-44/h2-17,21-23,27-29H,18-20,24-26H2. The number of furan rings is 1. The Morgan fingerprint density at radius 2 is 1.06 bits per heavy atom. The van der Waals surface area contributed by atoms with Crippen LogP contribution in [-0.2, 0) is 5.41 Å². The summed E-state index contributed by atoms with van der Waals surface area (Å²) in [5, 5.41) is 2.15. The Balaban J connectivity index is 1.00. The molecule has 0 saturated heterocycles. The Morgan fingerprint density at radius 3 is 1.69 bits per heavy atom. The van der Waals surface area contributed by atoms with Gasteiger partial charge in [0.1, 0.15) is 11.2 Å². The second kappa shape index (κ2) is 11.0. The van der Waals surface area contributed by atoms with Gasteiger partial charge in [-0.2, -0.15) is 0 Å². The van der Waals surface area contributed by atoms with E-state index in [1.165, 1.54) is 49.7 Å². The molecule has 7 aromatic rings. The number of fused-ring (bicyclic) bond motifs is 3. The summed E-state index contributed by atoms with van der Waals surface area (Å²) in [7, 11) is 0. The van der Waals surface area contributed by atoms with Gasteiger partial charge < -0.3 is 4.42 Å². The molecule has 5 nitrogen and oxygen atoms in total. The summed E-state index contributed by atoms with van der Waals surface area (Å²) in [6.07, 6.45) is 8.58. The van der Waals surface area contributed by atoms with Gasteiger partial charge in [-0.05, 0) is 109 Å². The second-order valence-corrected chi connectivity index (χ2v) is 14.6. The topological polar surface area (TPSA) is 56.2 Å². The zero-order valence-electron chi connectivity index (χ0n) is 27.1. The van der Waals surface area contributed by atoms with Gasteiger partial charge in [-0.25, -0.2) is 19.8 Å². The third kappa shape index (κ3) is 4.85. The fourth-order valence-electron chi connectivity index (χ4n) is 9.64. The molecule has 236 valence electrons. The molecule has 0 aliphatic heterocycles. The van der Waals surface area contributed by atoms with Crippen molar-refractivity contribution in [3.05, 3.63) is 132 Å². The van der Waals surface area contributed by atoms with Gasteiger partial charge in [0.25, 0.3) is 0 Å². The molecule has 0 amide bonds. The molecule has 4 fully saturated rings. The van der Waals surface area contributed by atoms with Crippen LogP contribution >= 0.6 is 0 Å². The zero-order valence-corrected chi connectivity index (χ0v) is 27.1. The summed E-state index contributed by atoms with van der Waals surface area (Å²) in [5.74, 6) is 4.50. The van der Waals surface area contributed by atoms with Gasteiger partial charge in [-0.1, -0.05) is 84.9 Å². The average Bonchev–Trinajstić information content (AvgIpc) is 3.52. The minimum absolute atomic E-state index is 0.413. The third-order valence-electron chi connectivity index (χ3n) is 11.5. The maximum Gasteiger partial charge on any atom is 0.187 e. The Bertz CT molecular complexity index is 2400. The molecule has 0 unspecified atom stereocenters. The van der Waals surface area contributed by atoms with Crippen molar-refractivity contribution in [2.24, 2.45) is 17.8 Å². The first kappa shape index (κ1) is 28.4. The highest BCUT2D eigenvalue weighted by Crippen LogP contribution is 2.60. The number of rotatable bonds is 5. The van der Waals surface area contributed by atoms with Gasteiger partial charge in [0.05, 0.1) is 6.57 Å². The summed E-state index contributed by atoms with van der Waals surface area (Å²) in [6, 6.07) is 39.6. The highest BCUT2D eigenvalue weighted by Gasteiger charge is 2.51. The van der Waals surface area contributed by atoms with E-state index >= 15 is 0 Å². The van der Waals surface area contributed by atoms with E-state index in [4.69, 9.17) is 25.9 Å². The minimum Gasteiger partial charge on any atom is -0.456 e. The SMILES string of the molecule is [C-]#[N+]c1cccc(-c2nc(-c3ccccc3)nc(-c3ccc4c(c3)oc3cc(-c5ccc(C67CC8CC(CC(C8)C6)C7)cc5)ccc34)n2)c1. The molecular weight excluding hydrogens is 601 g/mol. The lowest BCUT2D eigenvalue weighted by molar-refractivity contribution is -0.00518. The zero-order chi connectivity index (χ0) is 32.5. The Morgan fingerprint density at radius 1 is 0.531 bits per heavy atom. The molecule has 49 heavy (non-hydrogen) atoms. The summed E-state index contributed by atoms with van der Waals surface area (Å²) < 4.78 is 6.52. The molecule has 4 bridgehead atoms. The number of hydrogen-bond acceptors (Lipinski definition) is 4. The molecule has 5 aromatic carbocycles. The van der Waals surface area contributed by atoms with Crippen LogP contribution in [-0.4, -0.2) is 15.0 Å². The number of hydrogen-bond donors (Lipinski definition) is 0. The molecule has 4 aliphatic carbocycles. The third-order valence-corrected chi connectivity index (χ3v) is 11.5. The number of benzene rings is 5. The highest BCUT2D eigenvalue weighted by molar-refractivity contribution is 6.06. The first-order chi connectivity index (χ1) is 24.1. The van der Waals surface area contributed by atoms with E-state index in [9.17, 15) is 0 Å². The van der Waals surface area contributed by atoms with E-state index < -0.39 is 0 Å². The Hall–Kier alpha value is -5.60. The van der Waals surface area contributed by atoms with Crippen molar-refractivity contribution in [3.8, 4) is 45.3 Å². The quantitative estimate of drug-likeness (QED) is 0.177. The molecule has 0 N–H and O–H groups in total. The van der Waals surface area contributed by atoms with Crippen LogP contribution in [0.25, 0.3) is 72.1 Å². The summed E-state index contributed by atoms with van der Waals surface area (Å²) >= 11 is 0. The number of aromatic nitrogens is 3. The van der Waals surface area contributed by atoms with Gasteiger partial charge in [0.15, 0.2) is 23.2 Å². The van der Waals surface area contributed by atoms with Crippen molar-refractivity contribution < 1.29 is 4.42 Å². The lowest BCUT2D eigenvalue weighted by Gasteiger charge is -2.57. The van der Waals surface area contributed by atoms with E-state index in [0.717, 1.165) is 56.4 Å². The van der Waals surface area contributed by atoms with Crippen LogP contribution < -0.4 is 0 Å². The largest absolute Gasteiger partial charge is 0.456 e. The van der Waals surface area contributed by atoms with Crippen molar-refractivity contribution in [1.29, 1.82) is 0 Å². The van der Waals surface area contributed by atoms with Gasteiger partial charge in [-0.3, -0.25) is 0 Å². The summed E-state index contributed by atoms with van der Waals surface area (Å²) in [5.41, 5.74) is 9.09. The molecule has 5 heteroatoms. The van der Waals surface area contributed by atoms with E-state index in [0.29, 0.717) is 28.6 Å². The van der Waals surface area contributed by atoms with Crippen LogP contribution in [0.5, 0.6) is 0 Å². The van der Waals surface area contributed by atoms with Crippen LogP contribution in [0.1, 0.15) is 44.1 Å². The predicted octanol–water partition coefficient (Wildman–Crippen LogP) is 11.5. The van der Waals surface area contributed by atoms with E-state index in [2.05, 4.69) is 59.4 Å². The number of nitrogens with zero attached hydrogens (tertiary/aromatic N) is 4. The fraction of sp³-hybridized carbons (Fsp3) is 0.227. The van der Waals surface area contributed by atoms with Gasteiger partial charge in [-0.15, -0.1) is 0 Å². The normalized spacial score (nSPS) is 22.5. The van der Waals surface area contributed by atoms with Crippen LogP contribution in [0.15, 0.2) is 120 Å². The fourth-order valence-corrected chi connectivity index (χ4v) is 9.64. The molecule has 4 saturated carbocycles.